The van der Waals surface area contributed by atoms with Crippen molar-refractivity contribution in [2.24, 2.45) is 0 Å². The molecule has 0 saturated heterocycles. The average molecular weight is 254 g/mol. The van der Waals surface area contributed by atoms with E-state index in [4.69, 9.17) is 11.6 Å². The van der Waals surface area contributed by atoms with E-state index in [1.54, 1.807) is 17.4 Å². The monoisotopic (exact) mass is 253 g/mol. The second-order valence-electron chi connectivity index (χ2n) is 3.56. The van der Waals surface area contributed by atoms with Gasteiger partial charge >= 0.3 is 0 Å². The summed E-state index contributed by atoms with van der Waals surface area (Å²) in [5, 5.41) is 7.98. The number of anilines is 1. The van der Waals surface area contributed by atoms with Gasteiger partial charge in [-0.3, -0.25) is 0 Å². The number of rotatable bonds is 3. The molecule has 0 aliphatic rings. The second kappa shape index (κ2) is 4.80. The van der Waals surface area contributed by atoms with Crippen LogP contribution in [0.1, 0.15) is 17.0 Å². The number of nitrogens with zero attached hydrogens (tertiary/aromatic N) is 2. The highest BCUT2D eigenvalue weighted by Crippen LogP contribution is 2.16. The first-order valence-corrected chi connectivity index (χ1v) is 6.24. The number of thiophene rings is 1. The van der Waals surface area contributed by atoms with Crippen molar-refractivity contribution in [2.75, 3.05) is 5.32 Å². The molecule has 0 aromatic carbocycles. The Morgan fingerprint density at radius 3 is 2.75 bits per heavy atom. The van der Waals surface area contributed by atoms with Gasteiger partial charge in [0.05, 0.1) is 0 Å². The Balaban J connectivity index is 2.07. The lowest BCUT2D eigenvalue weighted by molar-refractivity contribution is 1.02. The van der Waals surface area contributed by atoms with Gasteiger partial charge in [0.15, 0.2) is 0 Å². The molecule has 2 aromatic rings. The molecule has 0 aliphatic heterocycles. The molecule has 2 rings (SSSR count). The predicted molar refractivity (Wildman–Crippen MR) is 68.2 cm³/mol. The van der Waals surface area contributed by atoms with Crippen LogP contribution in [-0.4, -0.2) is 9.97 Å². The summed E-state index contributed by atoms with van der Waals surface area (Å²) in [4.78, 5) is 8.27. The van der Waals surface area contributed by atoms with Gasteiger partial charge in [-0.1, -0.05) is 11.6 Å². The van der Waals surface area contributed by atoms with E-state index >= 15 is 0 Å². The minimum Gasteiger partial charge on any atom is -0.366 e. The fraction of sp³-hybridized carbons (Fsp3) is 0.273. The van der Waals surface area contributed by atoms with Crippen LogP contribution in [0, 0.1) is 13.8 Å². The molecule has 84 valence electrons. The fourth-order valence-corrected chi connectivity index (χ4v) is 2.46. The van der Waals surface area contributed by atoms with Gasteiger partial charge in [0.2, 0.25) is 0 Å². The Morgan fingerprint density at radius 2 is 2.12 bits per heavy atom. The normalized spacial score (nSPS) is 10.4. The van der Waals surface area contributed by atoms with Crippen LogP contribution in [0.25, 0.3) is 0 Å². The first-order valence-electron chi connectivity index (χ1n) is 4.92. The SMILES string of the molecule is Cc1nc(Cl)cc(NCc2cscc2C)n1. The van der Waals surface area contributed by atoms with Crippen LogP contribution in [0.15, 0.2) is 16.8 Å². The number of halogens is 1. The third-order valence-corrected chi connectivity index (χ3v) is 3.33. The van der Waals surface area contributed by atoms with Crippen molar-refractivity contribution in [3.8, 4) is 0 Å². The van der Waals surface area contributed by atoms with Gasteiger partial charge in [-0.2, -0.15) is 11.3 Å². The van der Waals surface area contributed by atoms with E-state index in [1.807, 2.05) is 6.92 Å². The second-order valence-corrected chi connectivity index (χ2v) is 4.69. The Kier molecular flexibility index (Phi) is 3.41. The van der Waals surface area contributed by atoms with Crippen LogP contribution in [0.3, 0.4) is 0 Å². The minimum absolute atomic E-state index is 0.469. The predicted octanol–water partition coefficient (Wildman–Crippen LogP) is 3.42. The van der Waals surface area contributed by atoms with E-state index in [2.05, 4.69) is 33.0 Å². The summed E-state index contributed by atoms with van der Waals surface area (Å²) in [7, 11) is 0. The summed E-state index contributed by atoms with van der Waals surface area (Å²) in [5.74, 6) is 1.44. The van der Waals surface area contributed by atoms with Gasteiger partial charge < -0.3 is 5.32 Å². The Morgan fingerprint density at radius 1 is 1.31 bits per heavy atom. The molecule has 0 saturated carbocycles. The maximum atomic E-state index is 5.85. The minimum atomic E-state index is 0.469. The number of hydrogen-bond donors (Lipinski definition) is 1. The maximum Gasteiger partial charge on any atom is 0.134 e. The molecule has 2 heterocycles. The molecule has 3 nitrogen and oxygen atoms in total. The molecule has 0 amide bonds. The lowest BCUT2D eigenvalue weighted by atomic mass is 10.2. The molecular formula is C11H12ClN3S. The molecule has 0 spiro atoms. The lowest BCUT2D eigenvalue weighted by Crippen LogP contribution is -2.03. The van der Waals surface area contributed by atoms with Crippen molar-refractivity contribution >= 4 is 28.8 Å². The quantitative estimate of drug-likeness (QED) is 0.852. The van der Waals surface area contributed by atoms with Crippen LogP contribution in [0.4, 0.5) is 5.82 Å². The highest BCUT2D eigenvalue weighted by atomic mass is 35.5. The van der Waals surface area contributed by atoms with Crippen molar-refractivity contribution in [1.29, 1.82) is 0 Å². The third-order valence-electron chi connectivity index (χ3n) is 2.23. The summed E-state index contributed by atoms with van der Waals surface area (Å²) in [6, 6.07) is 1.73. The van der Waals surface area contributed by atoms with Crippen molar-refractivity contribution in [3.63, 3.8) is 0 Å². The average Bonchev–Trinajstić information content (AvgIpc) is 2.59. The molecule has 1 N–H and O–H groups in total. The Labute approximate surface area is 104 Å². The van der Waals surface area contributed by atoms with Crippen LogP contribution in [-0.2, 0) is 6.54 Å². The van der Waals surface area contributed by atoms with Gasteiger partial charge in [0, 0.05) is 12.6 Å². The van der Waals surface area contributed by atoms with E-state index in [9.17, 15) is 0 Å². The van der Waals surface area contributed by atoms with E-state index in [-0.39, 0.29) is 0 Å². The molecule has 2 aromatic heterocycles. The molecule has 0 unspecified atom stereocenters. The van der Waals surface area contributed by atoms with Crippen LogP contribution < -0.4 is 5.32 Å². The van der Waals surface area contributed by atoms with Crippen molar-refractivity contribution in [2.45, 2.75) is 20.4 Å². The first-order chi connectivity index (χ1) is 7.65. The van der Waals surface area contributed by atoms with E-state index in [0.717, 1.165) is 12.4 Å². The van der Waals surface area contributed by atoms with Crippen LogP contribution in [0.5, 0.6) is 0 Å². The number of aromatic nitrogens is 2. The van der Waals surface area contributed by atoms with E-state index in [0.29, 0.717) is 11.0 Å². The number of nitrogens with one attached hydrogen (secondary N) is 1. The largest absolute Gasteiger partial charge is 0.366 e. The zero-order valence-electron chi connectivity index (χ0n) is 9.12. The topological polar surface area (TPSA) is 37.8 Å². The van der Waals surface area contributed by atoms with Crippen LogP contribution >= 0.6 is 22.9 Å². The summed E-state index contributed by atoms with van der Waals surface area (Å²) in [6.07, 6.45) is 0. The first kappa shape index (κ1) is 11.4. The zero-order chi connectivity index (χ0) is 11.5. The summed E-state index contributed by atoms with van der Waals surface area (Å²) in [6.45, 7) is 4.70. The summed E-state index contributed by atoms with van der Waals surface area (Å²) < 4.78 is 0. The zero-order valence-corrected chi connectivity index (χ0v) is 10.7. The summed E-state index contributed by atoms with van der Waals surface area (Å²) >= 11 is 7.56. The van der Waals surface area contributed by atoms with Gasteiger partial charge in [-0.05, 0) is 35.7 Å². The number of hydrogen-bond acceptors (Lipinski definition) is 4. The maximum absolute atomic E-state index is 5.85. The molecule has 16 heavy (non-hydrogen) atoms. The molecule has 5 heteroatoms. The van der Waals surface area contributed by atoms with Gasteiger partial charge in [0.1, 0.15) is 16.8 Å². The summed E-state index contributed by atoms with van der Waals surface area (Å²) in [5.41, 5.74) is 2.59. The highest BCUT2D eigenvalue weighted by Gasteiger charge is 2.02. The lowest BCUT2D eigenvalue weighted by Gasteiger charge is -2.06. The molecule has 0 bridgehead atoms. The smallest absolute Gasteiger partial charge is 0.134 e. The van der Waals surface area contributed by atoms with Gasteiger partial charge in [0.25, 0.3) is 0 Å². The third kappa shape index (κ3) is 2.71. The van der Waals surface area contributed by atoms with Crippen LogP contribution in [0.2, 0.25) is 5.15 Å². The van der Waals surface area contributed by atoms with Gasteiger partial charge in [-0.25, -0.2) is 9.97 Å². The molecule has 0 fully saturated rings. The molecule has 0 radical (unpaired) electrons. The molecular weight excluding hydrogens is 242 g/mol. The van der Waals surface area contributed by atoms with E-state index in [1.165, 1.54) is 11.1 Å². The Hall–Kier alpha value is -1.13. The Bertz CT molecular complexity index is 475. The van der Waals surface area contributed by atoms with Crippen molar-refractivity contribution in [1.82, 2.24) is 9.97 Å². The van der Waals surface area contributed by atoms with Gasteiger partial charge in [-0.15, -0.1) is 0 Å². The highest BCUT2D eigenvalue weighted by molar-refractivity contribution is 7.08. The molecule has 0 atom stereocenters. The molecule has 0 aliphatic carbocycles. The standard InChI is InChI=1S/C11H12ClN3S/c1-7-5-16-6-9(7)4-13-11-3-10(12)14-8(2)15-11/h3,5-6H,4H2,1-2H3,(H,13,14,15). The number of aryl methyl sites for hydroxylation is 2. The fourth-order valence-electron chi connectivity index (χ4n) is 1.38. The van der Waals surface area contributed by atoms with Crippen molar-refractivity contribution in [3.05, 3.63) is 38.9 Å². The van der Waals surface area contributed by atoms with E-state index < -0.39 is 0 Å². The van der Waals surface area contributed by atoms with Crippen molar-refractivity contribution < 1.29 is 0 Å².